The minimum Gasteiger partial charge on any atom is -0.508 e. The van der Waals surface area contributed by atoms with Crippen molar-refractivity contribution in [1.29, 1.82) is 0 Å². The van der Waals surface area contributed by atoms with Crippen molar-refractivity contribution in [2.75, 3.05) is 19.6 Å². The van der Waals surface area contributed by atoms with Crippen molar-refractivity contribution in [1.82, 2.24) is 10.2 Å². The molecule has 2 N–H and O–H groups in total. The lowest BCUT2D eigenvalue weighted by atomic mass is 9.95. The Morgan fingerprint density at radius 3 is 2.71 bits per heavy atom. The normalized spacial score (nSPS) is 24.2. The Balaban J connectivity index is 1.76. The Bertz CT molecular complexity index is 452. The van der Waals surface area contributed by atoms with Crippen LogP contribution in [0.2, 0.25) is 0 Å². The van der Waals surface area contributed by atoms with Crippen LogP contribution in [0, 0.1) is 5.92 Å². The molecule has 0 amide bonds. The van der Waals surface area contributed by atoms with Crippen molar-refractivity contribution in [3.8, 4) is 5.75 Å². The summed E-state index contributed by atoms with van der Waals surface area (Å²) in [6.45, 7) is 5.74. The molecule has 2 aliphatic rings. The molecule has 1 aromatic rings. The fourth-order valence-corrected chi connectivity index (χ4v) is 3.72. The van der Waals surface area contributed by atoms with Gasteiger partial charge >= 0.3 is 0 Å². The molecule has 116 valence electrons. The lowest BCUT2D eigenvalue weighted by Crippen LogP contribution is -2.40. The van der Waals surface area contributed by atoms with E-state index < -0.39 is 0 Å². The number of aromatic hydroxyl groups is 1. The van der Waals surface area contributed by atoms with E-state index in [1.165, 1.54) is 38.8 Å². The fraction of sp³-hybridized carbons (Fsp3) is 0.667. The van der Waals surface area contributed by atoms with E-state index in [0.717, 1.165) is 30.5 Å². The molecule has 1 heterocycles. The lowest BCUT2D eigenvalue weighted by Gasteiger charge is -2.36. The van der Waals surface area contributed by atoms with Gasteiger partial charge in [0.1, 0.15) is 5.75 Å². The summed E-state index contributed by atoms with van der Waals surface area (Å²) >= 11 is 0. The van der Waals surface area contributed by atoms with E-state index in [-0.39, 0.29) is 0 Å². The van der Waals surface area contributed by atoms with Crippen molar-refractivity contribution in [2.24, 2.45) is 5.92 Å². The second-order valence-electron chi connectivity index (χ2n) is 6.62. The number of phenolic OH excluding ortho intramolecular Hbond substituents is 1. The smallest absolute Gasteiger partial charge is 0.120 e. The highest BCUT2D eigenvalue weighted by Crippen LogP contribution is 2.39. The van der Waals surface area contributed by atoms with Crippen LogP contribution in [0.3, 0.4) is 0 Å². The molecule has 2 atom stereocenters. The van der Waals surface area contributed by atoms with Gasteiger partial charge in [-0.1, -0.05) is 25.1 Å². The van der Waals surface area contributed by atoms with Crippen molar-refractivity contribution < 1.29 is 5.11 Å². The molecular formula is C18H28N2O. The molecule has 2 fully saturated rings. The van der Waals surface area contributed by atoms with Gasteiger partial charge in [-0.05, 0) is 57.2 Å². The third-order valence-corrected chi connectivity index (χ3v) is 4.97. The maximum absolute atomic E-state index is 10.2. The quantitative estimate of drug-likeness (QED) is 0.843. The summed E-state index contributed by atoms with van der Waals surface area (Å²) in [7, 11) is 0. The summed E-state index contributed by atoms with van der Waals surface area (Å²) in [4.78, 5) is 2.67. The maximum Gasteiger partial charge on any atom is 0.120 e. The van der Waals surface area contributed by atoms with E-state index >= 15 is 0 Å². The summed E-state index contributed by atoms with van der Waals surface area (Å²) in [5, 5.41) is 13.8. The number of piperidine rings is 1. The average Bonchev–Trinajstić information content (AvgIpc) is 3.34. The van der Waals surface area contributed by atoms with E-state index in [4.69, 9.17) is 0 Å². The van der Waals surface area contributed by atoms with E-state index in [9.17, 15) is 5.11 Å². The van der Waals surface area contributed by atoms with Gasteiger partial charge in [0, 0.05) is 24.2 Å². The Morgan fingerprint density at radius 2 is 2.10 bits per heavy atom. The summed E-state index contributed by atoms with van der Waals surface area (Å²) in [6, 6.07) is 8.98. The predicted molar refractivity (Wildman–Crippen MR) is 86.5 cm³/mol. The van der Waals surface area contributed by atoms with Gasteiger partial charge in [0.2, 0.25) is 0 Å². The summed E-state index contributed by atoms with van der Waals surface area (Å²) in [6.07, 6.45) is 6.35. The van der Waals surface area contributed by atoms with Crippen LogP contribution < -0.4 is 5.32 Å². The number of hydrogen-bond donors (Lipinski definition) is 2. The second-order valence-corrected chi connectivity index (χ2v) is 6.62. The number of phenols is 1. The molecule has 1 saturated heterocycles. The summed E-state index contributed by atoms with van der Waals surface area (Å²) in [5.74, 6) is 1.22. The van der Waals surface area contributed by atoms with Crippen LogP contribution in [0.5, 0.6) is 5.75 Å². The minimum atomic E-state index is 0.362. The van der Waals surface area contributed by atoms with Crippen LogP contribution in [0.25, 0.3) is 0 Å². The molecule has 21 heavy (non-hydrogen) atoms. The number of rotatable bonds is 6. The van der Waals surface area contributed by atoms with E-state index in [2.05, 4.69) is 23.2 Å². The topological polar surface area (TPSA) is 35.5 Å². The molecule has 0 aromatic heterocycles. The van der Waals surface area contributed by atoms with Crippen LogP contribution in [0.15, 0.2) is 24.3 Å². The zero-order chi connectivity index (χ0) is 14.7. The Hall–Kier alpha value is -1.06. The predicted octanol–water partition coefficient (Wildman–Crippen LogP) is 3.31. The largest absolute Gasteiger partial charge is 0.508 e. The maximum atomic E-state index is 10.2. The number of nitrogens with one attached hydrogen (secondary N) is 1. The Morgan fingerprint density at radius 1 is 1.29 bits per heavy atom. The van der Waals surface area contributed by atoms with Crippen LogP contribution in [-0.4, -0.2) is 35.7 Å². The van der Waals surface area contributed by atoms with E-state index in [0.29, 0.717) is 11.8 Å². The SMILES string of the molecule is CCC(c1ccccc1O)N(CC1CCCNC1)C1CC1. The lowest BCUT2D eigenvalue weighted by molar-refractivity contribution is 0.139. The number of nitrogens with zero attached hydrogens (tertiary/aromatic N) is 1. The van der Waals surface area contributed by atoms with E-state index in [1.54, 1.807) is 0 Å². The Labute approximate surface area is 128 Å². The first-order valence-electron chi connectivity index (χ1n) is 8.54. The molecule has 1 aliphatic carbocycles. The number of hydrogen-bond acceptors (Lipinski definition) is 3. The third kappa shape index (κ3) is 3.58. The third-order valence-electron chi connectivity index (χ3n) is 4.97. The van der Waals surface area contributed by atoms with Gasteiger partial charge in [-0.25, -0.2) is 0 Å². The molecule has 0 spiro atoms. The minimum absolute atomic E-state index is 0.362. The molecule has 3 rings (SSSR count). The van der Waals surface area contributed by atoms with Gasteiger partial charge in [0.25, 0.3) is 0 Å². The van der Waals surface area contributed by atoms with E-state index in [1.807, 2.05) is 18.2 Å². The van der Waals surface area contributed by atoms with Crippen molar-refractivity contribution in [3.63, 3.8) is 0 Å². The molecule has 1 aliphatic heterocycles. The first-order chi connectivity index (χ1) is 10.3. The Kier molecular flexibility index (Phi) is 4.81. The molecule has 2 unspecified atom stereocenters. The van der Waals surface area contributed by atoms with Crippen LogP contribution in [0.4, 0.5) is 0 Å². The van der Waals surface area contributed by atoms with Crippen molar-refractivity contribution >= 4 is 0 Å². The second kappa shape index (κ2) is 6.80. The molecule has 1 saturated carbocycles. The van der Waals surface area contributed by atoms with Gasteiger partial charge in [-0.3, -0.25) is 4.90 Å². The molecule has 3 nitrogen and oxygen atoms in total. The van der Waals surface area contributed by atoms with Crippen LogP contribution >= 0.6 is 0 Å². The van der Waals surface area contributed by atoms with Gasteiger partial charge in [0.05, 0.1) is 0 Å². The molecule has 3 heteroatoms. The fourth-order valence-electron chi connectivity index (χ4n) is 3.72. The van der Waals surface area contributed by atoms with Gasteiger partial charge < -0.3 is 10.4 Å². The molecule has 0 radical (unpaired) electrons. The van der Waals surface area contributed by atoms with Crippen LogP contribution in [-0.2, 0) is 0 Å². The highest BCUT2D eigenvalue weighted by molar-refractivity contribution is 5.34. The summed E-state index contributed by atoms with van der Waals surface area (Å²) < 4.78 is 0. The average molecular weight is 288 g/mol. The highest BCUT2D eigenvalue weighted by Gasteiger charge is 2.36. The van der Waals surface area contributed by atoms with Crippen molar-refractivity contribution in [2.45, 2.75) is 51.1 Å². The summed E-state index contributed by atoms with van der Waals surface area (Å²) in [5.41, 5.74) is 1.11. The van der Waals surface area contributed by atoms with Gasteiger partial charge in [-0.15, -0.1) is 0 Å². The zero-order valence-electron chi connectivity index (χ0n) is 13.1. The van der Waals surface area contributed by atoms with Gasteiger partial charge in [0.15, 0.2) is 0 Å². The number of benzene rings is 1. The van der Waals surface area contributed by atoms with Gasteiger partial charge in [-0.2, -0.15) is 0 Å². The van der Waals surface area contributed by atoms with Crippen LogP contribution in [0.1, 0.15) is 50.6 Å². The molecule has 1 aromatic carbocycles. The zero-order valence-corrected chi connectivity index (χ0v) is 13.1. The number of para-hydroxylation sites is 1. The first kappa shape index (κ1) is 14.9. The standard InChI is InChI=1S/C18H28N2O/c1-2-17(16-7-3-4-8-18(16)21)20(15-9-10-15)13-14-6-5-11-19-12-14/h3-4,7-8,14-15,17,19,21H,2,5-6,9-13H2,1H3. The molecule has 0 bridgehead atoms. The molecular weight excluding hydrogens is 260 g/mol. The first-order valence-corrected chi connectivity index (χ1v) is 8.54. The monoisotopic (exact) mass is 288 g/mol. The van der Waals surface area contributed by atoms with Crippen molar-refractivity contribution in [3.05, 3.63) is 29.8 Å². The highest BCUT2D eigenvalue weighted by atomic mass is 16.3.